The van der Waals surface area contributed by atoms with Gasteiger partial charge in [0.2, 0.25) is 5.91 Å². The largest absolute Gasteiger partial charge is 0.356 e. The van der Waals surface area contributed by atoms with Crippen molar-refractivity contribution in [2.45, 2.75) is 58.4 Å². The van der Waals surface area contributed by atoms with Crippen LogP contribution in [0, 0.1) is 11.8 Å². The van der Waals surface area contributed by atoms with Crippen LogP contribution in [0.25, 0.3) is 0 Å². The van der Waals surface area contributed by atoms with E-state index in [4.69, 9.17) is 0 Å². The molecule has 6 heteroatoms. The van der Waals surface area contributed by atoms with Crippen LogP contribution in [-0.2, 0) is 4.79 Å². The molecular weight excluding hydrogens is 338 g/mol. The SMILES string of the molecule is CN=C(NCC1CCC(C)CC1)N1CCN(C(C)C(=O)N2CCCC2)CC1. The first-order valence-corrected chi connectivity index (χ1v) is 11.1. The summed E-state index contributed by atoms with van der Waals surface area (Å²) in [6.07, 6.45) is 7.74. The van der Waals surface area contributed by atoms with Gasteiger partial charge in [-0.2, -0.15) is 0 Å². The third kappa shape index (κ3) is 5.37. The van der Waals surface area contributed by atoms with E-state index in [9.17, 15) is 4.79 Å². The smallest absolute Gasteiger partial charge is 0.239 e. The van der Waals surface area contributed by atoms with E-state index in [1.165, 1.54) is 25.7 Å². The molecule has 0 bridgehead atoms. The summed E-state index contributed by atoms with van der Waals surface area (Å²) in [5.74, 6) is 3.04. The van der Waals surface area contributed by atoms with Gasteiger partial charge in [0.05, 0.1) is 6.04 Å². The summed E-state index contributed by atoms with van der Waals surface area (Å²) in [5, 5.41) is 3.62. The normalized spacial score (nSPS) is 29.1. The van der Waals surface area contributed by atoms with Crippen molar-refractivity contribution in [2.75, 3.05) is 52.9 Å². The second-order valence-corrected chi connectivity index (χ2v) is 8.79. The standard InChI is InChI=1S/C21H39N5O/c1-17-6-8-19(9-7-17)16-23-21(22-3)26-14-12-24(13-15-26)18(2)20(27)25-10-4-5-11-25/h17-19H,4-16H2,1-3H3,(H,22,23). The average Bonchev–Trinajstić information content (AvgIpc) is 3.24. The Kier molecular flexibility index (Phi) is 7.39. The van der Waals surface area contributed by atoms with Crippen LogP contribution >= 0.6 is 0 Å². The van der Waals surface area contributed by atoms with E-state index in [-0.39, 0.29) is 6.04 Å². The number of likely N-dealkylation sites (tertiary alicyclic amines) is 1. The molecule has 3 aliphatic rings. The number of piperazine rings is 1. The van der Waals surface area contributed by atoms with Gasteiger partial charge in [0.1, 0.15) is 0 Å². The Morgan fingerprint density at radius 3 is 2.22 bits per heavy atom. The molecule has 0 aromatic rings. The van der Waals surface area contributed by atoms with Gasteiger partial charge >= 0.3 is 0 Å². The summed E-state index contributed by atoms with van der Waals surface area (Å²) < 4.78 is 0. The van der Waals surface area contributed by atoms with Gasteiger partial charge in [0, 0.05) is 52.9 Å². The fourth-order valence-corrected chi connectivity index (χ4v) is 4.78. The second kappa shape index (κ2) is 9.76. The Labute approximate surface area is 165 Å². The molecular formula is C21H39N5O. The van der Waals surface area contributed by atoms with Gasteiger partial charge in [-0.25, -0.2) is 0 Å². The first-order valence-electron chi connectivity index (χ1n) is 11.1. The van der Waals surface area contributed by atoms with Crippen LogP contribution in [0.5, 0.6) is 0 Å². The Balaban J connectivity index is 1.42. The molecule has 2 aliphatic heterocycles. The van der Waals surface area contributed by atoms with Gasteiger partial charge in [0.25, 0.3) is 0 Å². The maximum atomic E-state index is 12.7. The van der Waals surface area contributed by atoms with E-state index in [0.29, 0.717) is 5.91 Å². The van der Waals surface area contributed by atoms with Gasteiger partial charge in [-0.05, 0) is 44.4 Å². The number of guanidine groups is 1. The molecule has 3 fully saturated rings. The number of hydrogen-bond acceptors (Lipinski definition) is 3. The van der Waals surface area contributed by atoms with Crippen molar-refractivity contribution in [2.24, 2.45) is 16.8 Å². The molecule has 0 aromatic carbocycles. The van der Waals surface area contributed by atoms with Crippen molar-refractivity contribution >= 4 is 11.9 Å². The third-order valence-electron chi connectivity index (χ3n) is 6.83. The Hall–Kier alpha value is -1.30. The minimum Gasteiger partial charge on any atom is -0.356 e. The monoisotopic (exact) mass is 377 g/mol. The number of carbonyl (C=O) groups is 1. The van der Waals surface area contributed by atoms with Gasteiger partial charge in [-0.15, -0.1) is 0 Å². The number of nitrogens with one attached hydrogen (secondary N) is 1. The Morgan fingerprint density at radius 2 is 1.63 bits per heavy atom. The maximum absolute atomic E-state index is 12.7. The number of amides is 1. The molecule has 1 N–H and O–H groups in total. The molecule has 1 unspecified atom stereocenters. The van der Waals surface area contributed by atoms with Crippen LogP contribution in [0.15, 0.2) is 4.99 Å². The fraction of sp³-hybridized carbons (Fsp3) is 0.905. The molecule has 2 heterocycles. The molecule has 1 atom stereocenters. The third-order valence-corrected chi connectivity index (χ3v) is 6.83. The molecule has 1 aliphatic carbocycles. The highest BCUT2D eigenvalue weighted by molar-refractivity contribution is 5.82. The van der Waals surface area contributed by atoms with E-state index >= 15 is 0 Å². The molecule has 2 saturated heterocycles. The zero-order valence-corrected chi connectivity index (χ0v) is 17.6. The van der Waals surface area contributed by atoms with Crippen molar-refractivity contribution in [1.82, 2.24) is 20.0 Å². The van der Waals surface area contributed by atoms with E-state index in [1.807, 2.05) is 11.9 Å². The van der Waals surface area contributed by atoms with E-state index in [0.717, 1.165) is 76.5 Å². The highest BCUT2D eigenvalue weighted by Gasteiger charge is 2.30. The van der Waals surface area contributed by atoms with E-state index in [2.05, 4.69) is 34.0 Å². The van der Waals surface area contributed by atoms with Crippen molar-refractivity contribution in [3.8, 4) is 0 Å². The van der Waals surface area contributed by atoms with Gasteiger partial charge < -0.3 is 15.1 Å². The average molecular weight is 378 g/mol. The minimum atomic E-state index is 0.00412. The second-order valence-electron chi connectivity index (χ2n) is 8.79. The number of aliphatic imine (C=N–C) groups is 1. The van der Waals surface area contributed by atoms with Crippen LogP contribution in [0.2, 0.25) is 0 Å². The summed E-state index contributed by atoms with van der Waals surface area (Å²) in [7, 11) is 1.89. The topological polar surface area (TPSA) is 51.2 Å². The van der Waals surface area contributed by atoms with Crippen molar-refractivity contribution in [1.29, 1.82) is 0 Å². The molecule has 1 amide bonds. The molecule has 6 nitrogen and oxygen atoms in total. The van der Waals surface area contributed by atoms with E-state index in [1.54, 1.807) is 0 Å². The predicted octanol–water partition coefficient (Wildman–Crippen LogP) is 2.02. The maximum Gasteiger partial charge on any atom is 0.239 e. The van der Waals surface area contributed by atoms with Crippen LogP contribution < -0.4 is 5.32 Å². The van der Waals surface area contributed by atoms with Crippen LogP contribution in [-0.4, -0.2) is 85.5 Å². The number of hydrogen-bond donors (Lipinski definition) is 1. The lowest BCUT2D eigenvalue weighted by atomic mass is 9.83. The van der Waals surface area contributed by atoms with Crippen molar-refractivity contribution in [3.63, 3.8) is 0 Å². The summed E-state index contributed by atoms with van der Waals surface area (Å²) in [6.45, 7) is 11.1. The number of carbonyl (C=O) groups excluding carboxylic acids is 1. The zero-order chi connectivity index (χ0) is 19.2. The Morgan fingerprint density at radius 1 is 1.00 bits per heavy atom. The van der Waals surface area contributed by atoms with Gasteiger partial charge in [-0.3, -0.25) is 14.7 Å². The molecule has 27 heavy (non-hydrogen) atoms. The zero-order valence-electron chi connectivity index (χ0n) is 17.6. The lowest BCUT2D eigenvalue weighted by Crippen LogP contribution is -2.57. The predicted molar refractivity (Wildman–Crippen MR) is 111 cm³/mol. The summed E-state index contributed by atoms with van der Waals surface area (Å²) in [4.78, 5) is 23.9. The van der Waals surface area contributed by atoms with Crippen molar-refractivity contribution < 1.29 is 4.79 Å². The molecule has 0 spiro atoms. The number of rotatable bonds is 4. The summed E-state index contributed by atoms with van der Waals surface area (Å²) >= 11 is 0. The van der Waals surface area contributed by atoms with Crippen molar-refractivity contribution in [3.05, 3.63) is 0 Å². The highest BCUT2D eigenvalue weighted by Crippen LogP contribution is 2.27. The lowest BCUT2D eigenvalue weighted by molar-refractivity contribution is -0.135. The molecule has 0 radical (unpaired) electrons. The fourth-order valence-electron chi connectivity index (χ4n) is 4.78. The first kappa shape index (κ1) is 20.4. The van der Waals surface area contributed by atoms with Gasteiger partial charge in [0.15, 0.2) is 5.96 Å². The molecule has 3 rings (SSSR count). The molecule has 0 aromatic heterocycles. The molecule has 154 valence electrons. The van der Waals surface area contributed by atoms with E-state index < -0.39 is 0 Å². The lowest BCUT2D eigenvalue weighted by Gasteiger charge is -2.40. The van der Waals surface area contributed by atoms with Gasteiger partial charge in [-0.1, -0.05) is 19.8 Å². The summed E-state index contributed by atoms with van der Waals surface area (Å²) in [6, 6.07) is 0.00412. The van der Waals surface area contributed by atoms with Crippen LogP contribution in [0.4, 0.5) is 0 Å². The Bertz CT molecular complexity index is 501. The minimum absolute atomic E-state index is 0.00412. The first-order chi connectivity index (χ1) is 13.1. The quantitative estimate of drug-likeness (QED) is 0.602. The highest BCUT2D eigenvalue weighted by atomic mass is 16.2. The summed E-state index contributed by atoms with van der Waals surface area (Å²) in [5.41, 5.74) is 0. The molecule has 1 saturated carbocycles. The van der Waals surface area contributed by atoms with Crippen LogP contribution in [0.1, 0.15) is 52.4 Å². The van der Waals surface area contributed by atoms with Crippen LogP contribution in [0.3, 0.4) is 0 Å². The number of nitrogens with zero attached hydrogens (tertiary/aromatic N) is 4.